The second-order valence-electron chi connectivity index (χ2n) is 1.84. The van der Waals surface area contributed by atoms with Gasteiger partial charge in [0.15, 0.2) is 0 Å². The van der Waals surface area contributed by atoms with Gasteiger partial charge in [0.1, 0.15) is 0 Å². The number of hydrogen-bond acceptors (Lipinski definition) is 4. The highest BCUT2D eigenvalue weighted by Crippen LogP contribution is 2.20. The summed E-state index contributed by atoms with van der Waals surface area (Å²) < 4.78 is 62.3. The first-order valence-corrected chi connectivity index (χ1v) is 4.83. The maximum Gasteiger partial charge on any atom is 0.522 e. The molecule has 0 saturated carbocycles. The van der Waals surface area contributed by atoms with E-state index < -0.39 is 15.6 Å². The Morgan fingerprint density at radius 1 is 1.36 bits per heavy atom. The van der Waals surface area contributed by atoms with E-state index in [0.717, 1.165) is 0 Å². The predicted octanol–water partition coefficient (Wildman–Crippen LogP) is 0.409. The first-order chi connectivity index (χ1) is 6.16. The third kappa shape index (κ3) is 9.71. The van der Waals surface area contributed by atoms with Crippen LogP contribution in [0.2, 0.25) is 0 Å². The van der Waals surface area contributed by atoms with Gasteiger partial charge in [-0.2, -0.15) is 21.6 Å². The van der Waals surface area contributed by atoms with Crippen LogP contribution in [0.15, 0.2) is 0 Å². The van der Waals surface area contributed by atoms with E-state index in [2.05, 4.69) is 0 Å². The van der Waals surface area contributed by atoms with Gasteiger partial charge in [0.05, 0.1) is 13.2 Å². The second-order valence-corrected chi connectivity index (χ2v) is 3.25. The Hall–Kier alpha value is -0.380. The molecule has 0 unspecified atom stereocenters. The normalized spacial score (nSPS) is 11.9. The quantitative estimate of drug-likeness (QED) is 0.424. The van der Waals surface area contributed by atoms with Crippen molar-refractivity contribution in [2.24, 2.45) is 0 Å². The zero-order valence-electron chi connectivity index (χ0n) is 7.28. The molecule has 0 aromatic heterocycles. The summed E-state index contributed by atoms with van der Waals surface area (Å²) in [6.07, 6.45) is 0. The summed E-state index contributed by atoms with van der Waals surface area (Å²) in [7, 11) is -5.84. The van der Waals surface area contributed by atoms with Crippen molar-refractivity contribution in [3.05, 3.63) is 0 Å². The summed E-state index contributed by atoms with van der Waals surface area (Å²) in [4.78, 5) is 0. The predicted molar refractivity (Wildman–Crippen MR) is 41.2 cm³/mol. The van der Waals surface area contributed by atoms with Gasteiger partial charge in [-0.3, -0.25) is 4.55 Å². The summed E-state index contributed by atoms with van der Waals surface area (Å²) in [5, 5.41) is 8.07. The molecule has 0 aliphatic carbocycles. The van der Waals surface area contributed by atoms with Crippen LogP contribution >= 0.6 is 0 Å². The Labute approximate surface area is 79.2 Å². The topological polar surface area (TPSA) is 83.8 Å². The zero-order chi connectivity index (χ0) is 11.8. The lowest BCUT2D eigenvalue weighted by molar-refractivity contribution is -0.0510. The summed E-state index contributed by atoms with van der Waals surface area (Å²) in [5.41, 5.74) is -5.53. The number of rotatable bonds is 3. The van der Waals surface area contributed by atoms with Crippen LogP contribution in [0.4, 0.5) is 13.2 Å². The van der Waals surface area contributed by atoms with Gasteiger partial charge in [-0.25, -0.2) is 0 Å². The van der Waals surface area contributed by atoms with Crippen molar-refractivity contribution >= 4 is 10.1 Å². The molecule has 0 aromatic rings. The molecule has 9 heteroatoms. The van der Waals surface area contributed by atoms with Gasteiger partial charge in [0, 0.05) is 6.61 Å². The maximum atomic E-state index is 10.7. The molecular weight excluding hydrogens is 229 g/mol. The molecule has 0 saturated heterocycles. The molecule has 0 heterocycles. The van der Waals surface area contributed by atoms with Crippen LogP contribution in [0.25, 0.3) is 0 Å². The molecule has 0 radical (unpaired) electrons. The first-order valence-electron chi connectivity index (χ1n) is 3.39. The largest absolute Gasteiger partial charge is 0.522 e. The number of aliphatic hydroxyl groups excluding tert-OH is 1. The minimum Gasteiger partial charge on any atom is -0.394 e. The van der Waals surface area contributed by atoms with E-state index in [1.54, 1.807) is 0 Å². The second kappa shape index (κ2) is 6.98. The molecule has 0 aliphatic heterocycles. The van der Waals surface area contributed by atoms with Crippen molar-refractivity contribution in [3.63, 3.8) is 0 Å². The molecule has 0 spiro atoms. The highest BCUT2D eigenvalue weighted by molar-refractivity contribution is 7.86. The highest BCUT2D eigenvalue weighted by atomic mass is 32.2. The van der Waals surface area contributed by atoms with E-state index in [4.69, 9.17) is 22.8 Å². The lowest BCUT2D eigenvalue weighted by atomic mass is 10.8. The van der Waals surface area contributed by atoms with Crippen LogP contribution in [0.1, 0.15) is 6.92 Å². The number of ether oxygens (including phenoxy) is 1. The number of halogens is 3. The molecule has 88 valence electrons. The maximum absolute atomic E-state index is 10.7. The minimum atomic E-state index is -5.84. The SMILES string of the molecule is CCOCCO.O=S(=O)(O)C(F)(F)F. The van der Waals surface area contributed by atoms with Crippen molar-refractivity contribution < 1.29 is 36.0 Å². The summed E-state index contributed by atoms with van der Waals surface area (Å²) in [6, 6.07) is 0. The van der Waals surface area contributed by atoms with E-state index in [-0.39, 0.29) is 6.61 Å². The third-order valence-corrected chi connectivity index (χ3v) is 1.32. The molecule has 5 nitrogen and oxygen atoms in total. The molecular formula is C5H11F3O5S. The van der Waals surface area contributed by atoms with Gasteiger partial charge in [0.25, 0.3) is 0 Å². The van der Waals surface area contributed by atoms with Gasteiger partial charge in [-0.15, -0.1) is 0 Å². The van der Waals surface area contributed by atoms with E-state index in [1.165, 1.54) is 0 Å². The van der Waals surface area contributed by atoms with E-state index >= 15 is 0 Å². The van der Waals surface area contributed by atoms with Gasteiger partial charge in [-0.1, -0.05) is 0 Å². The van der Waals surface area contributed by atoms with Crippen LogP contribution in [-0.2, 0) is 14.9 Å². The summed E-state index contributed by atoms with van der Waals surface area (Å²) in [6.45, 7) is 3.20. The molecule has 0 aromatic carbocycles. The van der Waals surface area contributed by atoms with Gasteiger partial charge >= 0.3 is 15.6 Å². The average Bonchev–Trinajstić information content (AvgIpc) is 1.98. The monoisotopic (exact) mass is 240 g/mol. The number of aliphatic hydroxyl groups is 1. The standard InChI is InChI=1S/C4H10O2.CHF3O3S/c1-2-6-4-3-5;2-1(3,4)8(5,6)7/h5H,2-4H2,1H3;(H,5,6,7). The van der Waals surface area contributed by atoms with Crippen LogP contribution in [0, 0.1) is 0 Å². The van der Waals surface area contributed by atoms with Crippen molar-refractivity contribution in [2.45, 2.75) is 12.4 Å². The van der Waals surface area contributed by atoms with Crippen molar-refractivity contribution in [3.8, 4) is 0 Å². The van der Waals surface area contributed by atoms with E-state index in [0.29, 0.717) is 13.2 Å². The summed E-state index contributed by atoms with van der Waals surface area (Å²) in [5.74, 6) is 0. The van der Waals surface area contributed by atoms with E-state index in [1.807, 2.05) is 6.92 Å². The molecule has 0 bridgehead atoms. The smallest absolute Gasteiger partial charge is 0.394 e. The molecule has 0 rings (SSSR count). The van der Waals surface area contributed by atoms with Crippen LogP contribution in [0.5, 0.6) is 0 Å². The minimum absolute atomic E-state index is 0.133. The Balaban J connectivity index is 0. The fourth-order valence-electron chi connectivity index (χ4n) is 0.209. The molecule has 2 N–H and O–H groups in total. The third-order valence-electron chi connectivity index (χ3n) is 0.732. The number of hydrogen-bond donors (Lipinski definition) is 2. The Morgan fingerprint density at radius 3 is 1.79 bits per heavy atom. The lowest BCUT2D eigenvalue weighted by Crippen LogP contribution is -2.21. The fraction of sp³-hybridized carbons (Fsp3) is 1.00. The fourth-order valence-corrected chi connectivity index (χ4v) is 0.209. The van der Waals surface area contributed by atoms with Crippen LogP contribution < -0.4 is 0 Å². The van der Waals surface area contributed by atoms with Gasteiger partial charge in [-0.05, 0) is 6.92 Å². The van der Waals surface area contributed by atoms with Crippen molar-refractivity contribution in [2.75, 3.05) is 19.8 Å². The Kier molecular flexibility index (Phi) is 8.01. The molecule has 0 atom stereocenters. The number of alkyl halides is 3. The first kappa shape index (κ1) is 16.1. The van der Waals surface area contributed by atoms with Crippen molar-refractivity contribution in [1.29, 1.82) is 0 Å². The zero-order valence-corrected chi connectivity index (χ0v) is 8.10. The Morgan fingerprint density at radius 2 is 1.71 bits per heavy atom. The molecule has 0 amide bonds. The lowest BCUT2D eigenvalue weighted by Gasteiger charge is -1.97. The van der Waals surface area contributed by atoms with Gasteiger partial charge < -0.3 is 9.84 Å². The van der Waals surface area contributed by atoms with E-state index in [9.17, 15) is 13.2 Å². The average molecular weight is 240 g/mol. The molecule has 0 fully saturated rings. The molecule has 0 aliphatic rings. The van der Waals surface area contributed by atoms with Crippen LogP contribution in [0.3, 0.4) is 0 Å². The molecule has 14 heavy (non-hydrogen) atoms. The van der Waals surface area contributed by atoms with Crippen molar-refractivity contribution in [1.82, 2.24) is 0 Å². The van der Waals surface area contributed by atoms with Crippen LogP contribution in [-0.4, -0.2) is 43.4 Å². The highest BCUT2D eigenvalue weighted by Gasteiger charge is 2.44. The van der Waals surface area contributed by atoms with Gasteiger partial charge in [0.2, 0.25) is 0 Å². The summed E-state index contributed by atoms with van der Waals surface area (Å²) >= 11 is 0. The Bertz CT molecular complexity index is 218.